The van der Waals surface area contributed by atoms with E-state index in [2.05, 4.69) is 63.3 Å². The van der Waals surface area contributed by atoms with E-state index in [0.29, 0.717) is 18.6 Å². The molecule has 4 nitrogen and oxygen atoms in total. The molecule has 1 unspecified atom stereocenters. The summed E-state index contributed by atoms with van der Waals surface area (Å²) in [5.41, 5.74) is 4.31. The highest BCUT2D eigenvalue weighted by Crippen LogP contribution is 2.76. The van der Waals surface area contributed by atoms with Gasteiger partial charge in [0.2, 0.25) is 0 Å². The van der Waals surface area contributed by atoms with Crippen molar-refractivity contribution in [3.05, 3.63) is 63.6 Å². The molecule has 190 valence electrons. The number of fused-ring (bicyclic) bond motifs is 2. The average molecular weight is 551 g/mol. The number of rotatable bonds is 7. The van der Waals surface area contributed by atoms with E-state index < -0.39 is 0 Å². The van der Waals surface area contributed by atoms with Crippen LogP contribution in [0.15, 0.2) is 46.9 Å². The Kier molecular flexibility index (Phi) is 4.90. The topological polar surface area (TPSA) is 30.9 Å². The fourth-order valence-corrected chi connectivity index (χ4v) is 10.0. The molecule has 5 heteroatoms. The fraction of sp³-hybridized carbons (Fsp3) is 0.613. The third-order valence-corrected chi connectivity index (χ3v) is 11.8. The first kappa shape index (κ1) is 22.6. The lowest BCUT2D eigenvalue weighted by molar-refractivity contribution is -0.283. The molecule has 4 saturated carbocycles. The minimum atomic E-state index is -0.297. The smallest absolute Gasteiger partial charge is 0.138 e. The molecule has 1 saturated heterocycles. The van der Waals surface area contributed by atoms with Crippen molar-refractivity contribution >= 4 is 15.9 Å². The van der Waals surface area contributed by atoms with Crippen molar-refractivity contribution in [3.8, 4) is 5.75 Å². The van der Waals surface area contributed by atoms with E-state index in [0.717, 1.165) is 35.6 Å². The van der Waals surface area contributed by atoms with Crippen molar-refractivity contribution in [1.82, 2.24) is 4.90 Å². The highest BCUT2D eigenvalue weighted by Gasteiger charge is 2.80. The van der Waals surface area contributed by atoms with Crippen LogP contribution in [0.2, 0.25) is 0 Å². The Morgan fingerprint density at radius 1 is 1.08 bits per heavy atom. The quantitative estimate of drug-likeness (QED) is 0.430. The number of nitrogens with zero attached hydrogens (tertiary/aromatic N) is 1. The van der Waals surface area contributed by atoms with Crippen LogP contribution in [0.25, 0.3) is 0 Å². The summed E-state index contributed by atoms with van der Waals surface area (Å²) in [5, 5.41) is 0. The molecule has 5 fully saturated rings. The summed E-state index contributed by atoms with van der Waals surface area (Å²) < 4.78 is 21.3. The number of methoxy groups -OCH3 is 1. The third-order valence-electron chi connectivity index (χ3n) is 11.2. The van der Waals surface area contributed by atoms with E-state index in [1.807, 2.05) is 7.11 Å². The normalized spacial score (nSPS) is 39.7. The number of likely N-dealkylation sites (tertiary alicyclic amines) is 1. The predicted molar refractivity (Wildman–Crippen MR) is 142 cm³/mol. The van der Waals surface area contributed by atoms with Gasteiger partial charge in [-0.15, -0.1) is 0 Å². The van der Waals surface area contributed by atoms with Gasteiger partial charge in [0.1, 0.15) is 17.5 Å². The lowest BCUT2D eigenvalue weighted by Gasteiger charge is -2.74. The van der Waals surface area contributed by atoms with E-state index in [-0.39, 0.29) is 22.5 Å². The Morgan fingerprint density at radius 2 is 1.94 bits per heavy atom. The van der Waals surface area contributed by atoms with E-state index in [1.54, 1.807) is 0 Å². The Balaban J connectivity index is 1.22. The van der Waals surface area contributed by atoms with E-state index >= 15 is 0 Å². The van der Waals surface area contributed by atoms with Gasteiger partial charge in [0, 0.05) is 42.0 Å². The maximum atomic E-state index is 7.11. The second-order valence-electron chi connectivity index (χ2n) is 12.5. The first-order valence-corrected chi connectivity index (χ1v) is 14.8. The van der Waals surface area contributed by atoms with Crippen molar-refractivity contribution in [2.45, 2.75) is 74.7 Å². The number of hydrogen-bond acceptors (Lipinski definition) is 4. The zero-order valence-corrected chi connectivity index (χ0v) is 22.8. The van der Waals surface area contributed by atoms with Crippen molar-refractivity contribution in [3.63, 3.8) is 0 Å². The molecule has 36 heavy (non-hydrogen) atoms. The summed E-state index contributed by atoms with van der Waals surface area (Å²) in [6.07, 6.45) is 8.77. The van der Waals surface area contributed by atoms with Crippen molar-refractivity contribution in [1.29, 1.82) is 0 Å². The van der Waals surface area contributed by atoms with Crippen LogP contribution in [-0.2, 0) is 27.9 Å². The van der Waals surface area contributed by atoms with Crippen LogP contribution < -0.4 is 4.74 Å². The van der Waals surface area contributed by atoms with Crippen LogP contribution in [0.3, 0.4) is 0 Å². The van der Waals surface area contributed by atoms with Gasteiger partial charge in [-0.3, -0.25) is 4.90 Å². The summed E-state index contributed by atoms with van der Waals surface area (Å²) in [7, 11) is 1.93. The molecule has 2 heterocycles. The average Bonchev–Trinajstić information content (AvgIpc) is 3.64. The molecule has 5 aliphatic carbocycles. The van der Waals surface area contributed by atoms with Gasteiger partial charge < -0.3 is 14.2 Å². The van der Waals surface area contributed by atoms with Crippen LogP contribution in [0, 0.1) is 17.3 Å². The maximum absolute atomic E-state index is 7.11. The maximum Gasteiger partial charge on any atom is 0.138 e. The minimum absolute atomic E-state index is 0.0641. The van der Waals surface area contributed by atoms with Gasteiger partial charge in [-0.25, -0.2) is 0 Å². The van der Waals surface area contributed by atoms with Crippen LogP contribution in [0.5, 0.6) is 5.75 Å². The zero-order valence-electron chi connectivity index (χ0n) is 21.2. The van der Waals surface area contributed by atoms with Crippen LogP contribution >= 0.6 is 15.9 Å². The zero-order chi connectivity index (χ0) is 24.1. The molecule has 9 rings (SSSR count). The van der Waals surface area contributed by atoms with Gasteiger partial charge in [-0.1, -0.05) is 36.4 Å². The van der Waals surface area contributed by atoms with Crippen LogP contribution in [0.1, 0.15) is 55.2 Å². The molecule has 0 aromatic heterocycles. The Morgan fingerprint density at radius 3 is 2.75 bits per heavy atom. The summed E-state index contributed by atoms with van der Waals surface area (Å²) in [6, 6.07) is 15.8. The minimum Gasteiger partial charge on any atom is -0.485 e. The Labute approximate surface area is 222 Å². The molecule has 2 spiro atoms. The first-order chi connectivity index (χ1) is 17.6. The molecule has 7 aliphatic rings. The molecule has 0 N–H and O–H groups in total. The number of piperidine rings is 1. The van der Waals surface area contributed by atoms with Gasteiger partial charge in [-0.05, 0) is 90.5 Å². The summed E-state index contributed by atoms with van der Waals surface area (Å²) >= 11 is 3.88. The third kappa shape index (κ3) is 2.76. The molecule has 6 atom stereocenters. The number of halogens is 1. The summed E-state index contributed by atoms with van der Waals surface area (Å²) in [5.74, 6) is 2.38. The Bertz CT molecular complexity index is 1200. The predicted octanol–water partition coefficient (Wildman–Crippen LogP) is 5.89. The molecule has 2 aliphatic heterocycles. The van der Waals surface area contributed by atoms with Crippen LogP contribution in [-0.4, -0.2) is 49.5 Å². The van der Waals surface area contributed by atoms with Gasteiger partial charge in [0.25, 0.3) is 0 Å². The second-order valence-corrected chi connectivity index (χ2v) is 13.4. The largest absolute Gasteiger partial charge is 0.485 e. The number of benzene rings is 2. The molecule has 4 bridgehead atoms. The number of hydrogen-bond donors (Lipinski definition) is 0. The molecule has 0 amide bonds. The Hall–Kier alpha value is -1.40. The monoisotopic (exact) mass is 549 g/mol. The fourth-order valence-electron chi connectivity index (χ4n) is 9.62. The van der Waals surface area contributed by atoms with E-state index in [9.17, 15) is 0 Å². The molecule has 2 aromatic carbocycles. The van der Waals surface area contributed by atoms with Crippen LogP contribution in [0.4, 0.5) is 0 Å². The van der Waals surface area contributed by atoms with Gasteiger partial charge in [-0.2, -0.15) is 0 Å². The summed E-state index contributed by atoms with van der Waals surface area (Å²) in [6.45, 7) is 3.88. The number of ether oxygens (including phenoxy) is 3. The molecular weight excluding hydrogens is 514 g/mol. The van der Waals surface area contributed by atoms with Crippen molar-refractivity contribution in [2.75, 3.05) is 26.8 Å². The molecular formula is C31H36BrNO3. The lowest BCUT2D eigenvalue weighted by Crippen LogP contribution is -2.81. The molecule has 2 aromatic rings. The molecule has 0 radical (unpaired) electrons. The van der Waals surface area contributed by atoms with E-state index in [1.165, 1.54) is 61.9 Å². The van der Waals surface area contributed by atoms with Gasteiger partial charge >= 0.3 is 0 Å². The van der Waals surface area contributed by atoms with Gasteiger partial charge in [0.15, 0.2) is 0 Å². The first-order valence-electron chi connectivity index (χ1n) is 14.0. The van der Waals surface area contributed by atoms with E-state index in [4.69, 9.17) is 14.2 Å². The van der Waals surface area contributed by atoms with Gasteiger partial charge in [0.05, 0.1) is 17.7 Å². The second kappa shape index (κ2) is 7.81. The highest BCUT2D eigenvalue weighted by atomic mass is 79.9. The van der Waals surface area contributed by atoms with Crippen molar-refractivity contribution in [2.24, 2.45) is 17.3 Å². The summed E-state index contributed by atoms with van der Waals surface area (Å²) in [4.78, 5) is 2.91. The SMILES string of the molecule is CO[C@]12CC[C@@]3(C[C@@H]1COCc1ccccc1)C1Cc4ccc(Br)c5c4[C@@]3(CCN1CC1CC1)[C@H]2O5. The lowest BCUT2D eigenvalue weighted by atomic mass is 9.35. The van der Waals surface area contributed by atoms with Crippen molar-refractivity contribution < 1.29 is 14.2 Å². The highest BCUT2D eigenvalue weighted by molar-refractivity contribution is 9.10. The standard InChI is InChI=1S/C31H36BrNO3/c1-34-31-12-11-29(16-23(31)19-35-18-21-5-3-2-4-6-21)25-15-22-9-10-24(32)27-26(22)30(29,28(31)36-27)13-14-33(25)17-20-7-8-20/h2-6,9-10,20,23,25,28H,7-8,11-19H2,1H3/t23-,25?,28-,29-,30+,31-/m1/s1.